The van der Waals surface area contributed by atoms with Gasteiger partial charge in [0.15, 0.2) is 0 Å². The van der Waals surface area contributed by atoms with E-state index in [4.69, 9.17) is 4.74 Å². The highest BCUT2D eigenvalue weighted by Gasteiger charge is 2.17. The van der Waals surface area contributed by atoms with Gasteiger partial charge < -0.3 is 14.6 Å². The Bertz CT molecular complexity index is 975. The second-order valence-electron chi connectivity index (χ2n) is 7.24. The average Bonchev–Trinajstić information content (AvgIpc) is 3.03. The molecule has 6 nitrogen and oxygen atoms in total. The lowest BCUT2D eigenvalue weighted by Gasteiger charge is -2.33. The molecule has 26 heavy (non-hydrogen) atoms. The van der Waals surface area contributed by atoms with Crippen LogP contribution in [0, 0.1) is 0 Å². The summed E-state index contributed by atoms with van der Waals surface area (Å²) in [5.41, 5.74) is 2.18. The third kappa shape index (κ3) is 3.09. The summed E-state index contributed by atoms with van der Waals surface area (Å²) in [6.07, 6.45) is 6.55. The largest absolute Gasteiger partial charge is 0.497 e. The predicted molar refractivity (Wildman–Crippen MR) is 104 cm³/mol. The first-order chi connectivity index (χ1) is 12.7. The Morgan fingerprint density at radius 1 is 1.31 bits per heavy atom. The van der Waals surface area contributed by atoms with Gasteiger partial charge in [-0.3, -0.25) is 9.36 Å². The molecule has 4 rings (SSSR count). The van der Waals surface area contributed by atoms with Crippen LogP contribution in [0.4, 0.5) is 0 Å². The summed E-state index contributed by atoms with van der Waals surface area (Å²) >= 11 is 0. The minimum Gasteiger partial charge on any atom is -0.497 e. The molecule has 0 amide bonds. The number of methoxy groups -OCH3 is 1. The Morgan fingerprint density at radius 3 is 3.00 bits per heavy atom. The van der Waals surface area contributed by atoms with Crippen LogP contribution in [-0.4, -0.2) is 45.7 Å². The van der Waals surface area contributed by atoms with Crippen molar-refractivity contribution in [1.29, 1.82) is 0 Å². The van der Waals surface area contributed by atoms with Gasteiger partial charge in [-0.2, -0.15) is 0 Å². The van der Waals surface area contributed by atoms with Gasteiger partial charge in [0.2, 0.25) is 0 Å². The van der Waals surface area contributed by atoms with E-state index in [2.05, 4.69) is 21.8 Å². The molecule has 0 bridgehead atoms. The fraction of sp³-hybridized carbons (Fsp3) is 0.500. The fourth-order valence-corrected chi connectivity index (χ4v) is 3.99. The lowest BCUT2D eigenvalue weighted by Crippen LogP contribution is -2.38. The van der Waals surface area contributed by atoms with E-state index in [1.165, 1.54) is 25.8 Å². The molecule has 0 radical (unpaired) electrons. The van der Waals surface area contributed by atoms with E-state index in [1.807, 2.05) is 18.2 Å². The number of rotatable bonds is 5. The number of hydrogen-bond donors (Lipinski definition) is 1. The van der Waals surface area contributed by atoms with Crippen molar-refractivity contribution in [1.82, 2.24) is 19.4 Å². The Balaban J connectivity index is 1.55. The van der Waals surface area contributed by atoms with Gasteiger partial charge in [0.1, 0.15) is 16.8 Å². The summed E-state index contributed by atoms with van der Waals surface area (Å²) in [5, 5.41) is 0.951. The van der Waals surface area contributed by atoms with Crippen LogP contribution in [0.2, 0.25) is 0 Å². The Morgan fingerprint density at radius 2 is 2.19 bits per heavy atom. The number of nitrogens with zero attached hydrogens (tertiary/aromatic N) is 3. The third-order valence-electron chi connectivity index (χ3n) is 5.56. The van der Waals surface area contributed by atoms with E-state index in [9.17, 15) is 4.79 Å². The van der Waals surface area contributed by atoms with Crippen LogP contribution in [0.1, 0.15) is 32.6 Å². The van der Waals surface area contributed by atoms with Crippen LogP contribution in [-0.2, 0) is 6.54 Å². The fourth-order valence-electron chi connectivity index (χ4n) is 3.99. The molecule has 138 valence electrons. The second kappa shape index (κ2) is 7.11. The summed E-state index contributed by atoms with van der Waals surface area (Å²) in [6.45, 7) is 5.22. The lowest BCUT2D eigenvalue weighted by molar-refractivity contribution is 0.156. The molecule has 1 atom stereocenters. The number of aromatic nitrogens is 3. The number of H-pyrrole nitrogens is 1. The van der Waals surface area contributed by atoms with Crippen molar-refractivity contribution in [2.24, 2.45) is 0 Å². The molecule has 0 aliphatic carbocycles. The molecule has 0 saturated carbocycles. The van der Waals surface area contributed by atoms with Gasteiger partial charge in [-0.25, -0.2) is 4.98 Å². The lowest BCUT2D eigenvalue weighted by atomic mass is 10.0. The quantitative estimate of drug-likeness (QED) is 0.764. The normalized spacial score (nSPS) is 18.6. The molecular weight excluding hydrogens is 328 g/mol. The van der Waals surface area contributed by atoms with Crippen molar-refractivity contribution in [3.05, 3.63) is 34.9 Å². The van der Waals surface area contributed by atoms with Crippen LogP contribution in [0.15, 0.2) is 29.3 Å². The number of piperidine rings is 1. The molecule has 1 fully saturated rings. The number of aromatic amines is 1. The van der Waals surface area contributed by atoms with E-state index < -0.39 is 0 Å². The highest BCUT2D eigenvalue weighted by atomic mass is 16.5. The Hall–Kier alpha value is -2.34. The standard InChI is InChI=1S/C20H26N4O2/c1-14-6-3-4-9-23(14)10-5-11-24-13-21-18-16-8-7-15(26-2)12-17(16)22-19(18)20(24)25/h7-8,12-14,22H,3-6,9-11H2,1-2H3/t14-/m0/s1. The molecule has 3 heterocycles. The number of fused-ring (bicyclic) bond motifs is 3. The highest BCUT2D eigenvalue weighted by Crippen LogP contribution is 2.25. The third-order valence-corrected chi connectivity index (χ3v) is 5.56. The van der Waals surface area contributed by atoms with Gasteiger partial charge in [-0.1, -0.05) is 6.42 Å². The van der Waals surface area contributed by atoms with E-state index in [1.54, 1.807) is 18.0 Å². The first kappa shape index (κ1) is 17.1. The Kier molecular flexibility index (Phi) is 4.68. The summed E-state index contributed by atoms with van der Waals surface area (Å²) in [4.78, 5) is 23.1. The van der Waals surface area contributed by atoms with E-state index in [0.29, 0.717) is 18.1 Å². The molecule has 0 spiro atoms. The van der Waals surface area contributed by atoms with E-state index >= 15 is 0 Å². The van der Waals surface area contributed by atoms with Gasteiger partial charge in [0.25, 0.3) is 5.56 Å². The molecule has 1 N–H and O–H groups in total. The van der Waals surface area contributed by atoms with Crippen LogP contribution in [0.5, 0.6) is 5.75 Å². The SMILES string of the molecule is COc1ccc2c(c1)[nH]c1c(=O)n(CCCN3CCCC[C@@H]3C)cnc12. The van der Waals surface area contributed by atoms with Crippen molar-refractivity contribution in [2.45, 2.75) is 45.2 Å². The molecule has 1 aliphatic heterocycles. The maximum Gasteiger partial charge on any atom is 0.277 e. The zero-order valence-corrected chi connectivity index (χ0v) is 15.5. The van der Waals surface area contributed by atoms with Crippen LogP contribution in [0.25, 0.3) is 21.9 Å². The molecule has 2 aromatic heterocycles. The van der Waals surface area contributed by atoms with Gasteiger partial charge in [0.05, 0.1) is 19.0 Å². The molecular formula is C20H26N4O2. The van der Waals surface area contributed by atoms with Gasteiger partial charge in [-0.05, 0) is 44.9 Å². The summed E-state index contributed by atoms with van der Waals surface area (Å²) in [5.74, 6) is 0.764. The van der Waals surface area contributed by atoms with Crippen LogP contribution >= 0.6 is 0 Å². The Labute approximate surface area is 152 Å². The van der Waals surface area contributed by atoms with Crippen LogP contribution in [0.3, 0.4) is 0 Å². The summed E-state index contributed by atoms with van der Waals surface area (Å²) < 4.78 is 6.99. The summed E-state index contributed by atoms with van der Waals surface area (Å²) in [7, 11) is 1.64. The van der Waals surface area contributed by atoms with Crippen LogP contribution < -0.4 is 10.3 Å². The number of likely N-dealkylation sites (tertiary alicyclic amines) is 1. The first-order valence-corrected chi connectivity index (χ1v) is 9.46. The van der Waals surface area contributed by atoms with Crippen molar-refractivity contribution >= 4 is 21.9 Å². The molecule has 1 saturated heterocycles. The monoisotopic (exact) mass is 354 g/mol. The van der Waals surface area contributed by atoms with E-state index in [-0.39, 0.29) is 5.56 Å². The minimum atomic E-state index is -0.00291. The number of ether oxygens (including phenoxy) is 1. The highest BCUT2D eigenvalue weighted by molar-refractivity contribution is 6.04. The minimum absolute atomic E-state index is 0.00291. The van der Waals surface area contributed by atoms with Gasteiger partial charge in [-0.15, -0.1) is 0 Å². The first-order valence-electron chi connectivity index (χ1n) is 9.46. The maximum atomic E-state index is 12.8. The summed E-state index contributed by atoms with van der Waals surface area (Å²) in [6, 6.07) is 6.40. The smallest absolute Gasteiger partial charge is 0.277 e. The topological polar surface area (TPSA) is 63.2 Å². The van der Waals surface area contributed by atoms with Crippen molar-refractivity contribution in [3.63, 3.8) is 0 Å². The number of benzene rings is 1. The molecule has 0 unspecified atom stereocenters. The zero-order valence-electron chi connectivity index (χ0n) is 15.5. The maximum absolute atomic E-state index is 12.8. The molecule has 1 aliphatic rings. The number of aryl methyl sites for hydroxylation is 1. The molecule has 6 heteroatoms. The number of nitrogens with one attached hydrogen (secondary N) is 1. The number of hydrogen-bond acceptors (Lipinski definition) is 4. The predicted octanol–water partition coefficient (Wildman–Crippen LogP) is 3.15. The molecule has 1 aromatic carbocycles. The van der Waals surface area contributed by atoms with Gasteiger partial charge >= 0.3 is 0 Å². The molecule has 3 aromatic rings. The second-order valence-corrected chi connectivity index (χ2v) is 7.24. The van der Waals surface area contributed by atoms with Gasteiger partial charge in [0, 0.05) is 30.6 Å². The average molecular weight is 354 g/mol. The van der Waals surface area contributed by atoms with Crippen molar-refractivity contribution in [2.75, 3.05) is 20.2 Å². The zero-order chi connectivity index (χ0) is 18.1. The van der Waals surface area contributed by atoms with Crippen molar-refractivity contribution < 1.29 is 4.74 Å². The van der Waals surface area contributed by atoms with E-state index in [0.717, 1.165) is 35.1 Å². The van der Waals surface area contributed by atoms with Crippen molar-refractivity contribution in [3.8, 4) is 5.75 Å².